The fraction of sp³-hybridized carbons (Fsp3) is 0.541. The van der Waals surface area contributed by atoms with Gasteiger partial charge >= 0.3 is 12.1 Å². The molecular weight excluding hydrogens is 625 g/mol. The summed E-state index contributed by atoms with van der Waals surface area (Å²) in [6, 6.07) is 14.4. The average Bonchev–Trinajstić information content (AvgIpc) is 3.01. The van der Waals surface area contributed by atoms with Crippen molar-refractivity contribution in [2.24, 2.45) is 11.8 Å². The number of carbonyl (C=O) groups excluding carboxylic acids is 1. The maximum atomic E-state index is 14.6. The molecule has 0 aliphatic carbocycles. The number of rotatable bonds is 17. The van der Waals surface area contributed by atoms with Crippen molar-refractivity contribution in [3.05, 3.63) is 77.9 Å². The van der Waals surface area contributed by atoms with Crippen LogP contribution in [0.5, 0.6) is 5.75 Å². The van der Waals surface area contributed by atoms with Gasteiger partial charge in [-0.2, -0.15) is 13.2 Å². The first-order chi connectivity index (χ1) is 21.9. The van der Waals surface area contributed by atoms with Crippen molar-refractivity contribution >= 4 is 14.3 Å². The predicted octanol–water partition coefficient (Wildman–Crippen LogP) is 8.86. The minimum Gasteiger partial charge on any atom is -0.497 e. The van der Waals surface area contributed by atoms with Crippen molar-refractivity contribution in [1.29, 1.82) is 0 Å². The van der Waals surface area contributed by atoms with Crippen molar-refractivity contribution in [2.45, 2.75) is 96.2 Å². The molecule has 0 aliphatic heterocycles. The van der Waals surface area contributed by atoms with Crippen molar-refractivity contribution in [3.63, 3.8) is 0 Å². The largest absolute Gasteiger partial charge is 0.497 e. The summed E-state index contributed by atoms with van der Waals surface area (Å²) >= 11 is 0. The van der Waals surface area contributed by atoms with Crippen LogP contribution in [0.1, 0.15) is 58.6 Å². The topological polar surface area (TPSA) is 63.2 Å². The van der Waals surface area contributed by atoms with E-state index in [0.717, 1.165) is 18.4 Å². The monoisotopic (exact) mass is 676 g/mol. The minimum atomic E-state index is -5.10. The Kier molecular flexibility index (Phi) is 14.8. The van der Waals surface area contributed by atoms with Gasteiger partial charge in [-0.1, -0.05) is 89.2 Å². The molecule has 2 aromatic rings. The molecule has 2 aromatic carbocycles. The van der Waals surface area contributed by atoms with Crippen LogP contribution in [0, 0.1) is 24.2 Å². The Bertz CT molecular complexity index is 1310. The number of hydrogen-bond donors (Lipinski definition) is 0. The van der Waals surface area contributed by atoms with E-state index in [1.807, 2.05) is 50.3 Å². The average molecular weight is 677 g/mol. The third-order valence-electron chi connectivity index (χ3n) is 8.97. The summed E-state index contributed by atoms with van der Waals surface area (Å²) in [7, 11) is 0.0781. The molecule has 0 heterocycles. The number of hydrogen-bond acceptors (Lipinski definition) is 6. The number of esters is 1. The molecule has 0 radical (unpaired) electrons. The maximum absolute atomic E-state index is 14.6. The molecule has 0 unspecified atom stereocenters. The van der Waals surface area contributed by atoms with Gasteiger partial charge in [0.05, 0.1) is 26.4 Å². The first-order valence-corrected chi connectivity index (χ1v) is 18.7. The van der Waals surface area contributed by atoms with Crippen molar-refractivity contribution in [2.75, 3.05) is 20.8 Å². The van der Waals surface area contributed by atoms with Crippen LogP contribution in [0.2, 0.25) is 18.1 Å². The lowest BCUT2D eigenvalue weighted by Gasteiger charge is -2.44. The SMILES string of the molecule is C#CC[C@H](OC(=O)[C@@](OC)(c1ccccc1)C(F)(F)F)[C@@H](C)[C@H](O[Si](C)(C)C(C)(C)C)[C@H](C)C/C=C\COCc1ccc(OC)cc1. The summed E-state index contributed by atoms with van der Waals surface area (Å²) < 4.78 is 72.5. The smallest absolute Gasteiger partial charge is 0.432 e. The molecule has 5 atom stereocenters. The predicted molar refractivity (Wildman–Crippen MR) is 181 cm³/mol. The van der Waals surface area contributed by atoms with Crippen molar-refractivity contribution < 1.29 is 41.3 Å². The van der Waals surface area contributed by atoms with Gasteiger partial charge in [0.25, 0.3) is 5.60 Å². The standard InChI is InChI=1S/C37H51F3O6Si/c1-11-17-32(45-34(41)36(43-8,37(38,39)40)30-19-13-12-14-20-30)28(3)33(46-47(9,10)35(4,5)6)27(2)18-15-16-25-44-26-29-21-23-31(42-7)24-22-29/h1,12-16,19-24,27-28,32-33H,17-18,25-26H2,2-10H3/b16-15-/t27-,28-,32+,33-,36+/m1/s1. The summed E-state index contributed by atoms with van der Waals surface area (Å²) in [5.41, 5.74) is -2.68. The van der Waals surface area contributed by atoms with Gasteiger partial charge in [-0.15, -0.1) is 12.3 Å². The van der Waals surface area contributed by atoms with E-state index < -0.39 is 44.2 Å². The summed E-state index contributed by atoms with van der Waals surface area (Å²) in [5.74, 6) is 1.06. The highest BCUT2D eigenvalue weighted by molar-refractivity contribution is 6.74. The van der Waals surface area contributed by atoms with E-state index in [1.165, 1.54) is 24.3 Å². The van der Waals surface area contributed by atoms with Gasteiger partial charge in [-0.3, -0.25) is 0 Å². The molecule has 0 aliphatic rings. The van der Waals surface area contributed by atoms with Crippen LogP contribution in [-0.2, 0) is 35.6 Å². The fourth-order valence-electron chi connectivity index (χ4n) is 5.01. The lowest BCUT2D eigenvalue weighted by molar-refractivity contribution is -0.279. The van der Waals surface area contributed by atoms with Crippen LogP contribution in [0.15, 0.2) is 66.7 Å². The molecule has 0 N–H and O–H groups in total. The van der Waals surface area contributed by atoms with Crippen LogP contribution in [0.4, 0.5) is 13.2 Å². The molecule has 47 heavy (non-hydrogen) atoms. The van der Waals surface area contributed by atoms with E-state index in [0.29, 0.717) is 19.6 Å². The number of carbonyl (C=O) groups is 1. The van der Waals surface area contributed by atoms with Crippen molar-refractivity contribution in [3.8, 4) is 18.1 Å². The van der Waals surface area contributed by atoms with Gasteiger partial charge in [0.2, 0.25) is 0 Å². The molecule has 0 aromatic heterocycles. The number of alkyl halides is 3. The van der Waals surface area contributed by atoms with E-state index in [-0.39, 0.29) is 22.9 Å². The zero-order valence-electron chi connectivity index (χ0n) is 29.1. The third-order valence-corrected chi connectivity index (χ3v) is 13.4. The zero-order valence-corrected chi connectivity index (χ0v) is 30.1. The Morgan fingerprint density at radius 3 is 2.11 bits per heavy atom. The molecule has 0 spiro atoms. The van der Waals surface area contributed by atoms with Crippen LogP contribution in [0.3, 0.4) is 0 Å². The molecular formula is C37H51F3O6Si. The summed E-state index contributed by atoms with van der Waals surface area (Å²) in [4.78, 5) is 13.6. The normalized spacial score (nSPS) is 16.5. The molecule has 0 saturated heterocycles. The molecule has 0 fully saturated rings. The van der Waals surface area contributed by atoms with E-state index in [1.54, 1.807) is 13.2 Å². The maximum Gasteiger partial charge on any atom is 0.432 e. The Hall–Kier alpha value is -3.10. The summed E-state index contributed by atoms with van der Waals surface area (Å²) in [5, 5.41) is -0.150. The zero-order chi connectivity index (χ0) is 35.5. The first kappa shape index (κ1) is 40.1. The van der Waals surface area contributed by atoms with Gasteiger partial charge in [0.15, 0.2) is 8.32 Å². The second-order valence-electron chi connectivity index (χ2n) is 13.4. The van der Waals surface area contributed by atoms with Crippen LogP contribution >= 0.6 is 0 Å². The minimum absolute atomic E-state index is 0.0974. The lowest BCUT2D eigenvalue weighted by atomic mass is 9.86. The highest BCUT2D eigenvalue weighted by atomic mass is 28.4. The number of ether oxygens (including phenoxy) is 4. The Morgan fingerprint density at radius 1 is 0.979 bits per heavy atom. The van der Waals surface area contributed by atoms with Crippen molar-refractivity contribution in [1.82, 2.24) is 0 Å². The molecule has 2 rings (SSSR count). The summed E-state index contributed by atoms with van der Waals surface area (Å²) in [6.07, 6.45) is 3.47. The summed E-state index contributed by atoms with van der Waals surface area (Å²) in [6.45, 7) is 15.2. The Balaban J connectivity index is 2.30. The second kappa shape index (κ2) is 17.3. The number of terminal acetylenes is 1. The van der Waals surface area contributed by atoms with Gasteiger partial charge in [0.1, 0.15) is 11.9 Å². The quantitative estimate of drug-likeness (QED) is 0.0549. The molecule has 10 heteroatoms. The lowest BCUT2D eigenvalue weighted by Crippen LogP contribution is -2.54. The number of allylic oxidation sites excluding steroid dienone is 1. The number of halogens is 3. The molecule has 6 nitrogen and oxygen atoms in total. The third kappa shape index (κ3) is 10.4. The van der Waals surface area contributed by atoms with Gasteiger partial charge < -0.3 is 23.4 Å². The highest BCUT2D eigenvalue weighted by Gasteiger charge is 2.64. The van der Waals surface area contributed by atoms with Gasteiger partial charge in [-0.25, -0.2) is 4.79 Å². The van der Waals surface area contributed by atoms with Crippen LogP contribution < -0.4 is 4.74 Å². The van der Waals surface area contributed by atoms with E-state index >= 15 is 0 Å². The number of methoxy groups -OCH3 is 2. The highest BCUT2D eigenvalue weighted by Crippen LogP contribution is 2.44. The van der Waals surface area contributed by atoms with Gasteiger partial charge in [-0.05, 0) is 48.2 Å². The van der Waals surface area contributed by atoms with Crippen LogP contribution in [0.25, 0.3) is 0 Å². The fourth-order valence-corrected chi connectivity index (χ4v) is 6.49. The second-order valence-corrected chi connectivity index (χ2v) is 18.1. The Morgan fingerprint density at radius 2 is 1.60 bits per heavy atom. The van der Waals surface area contributed by atoms with Gasteiger partial charge in [0, 0.05) is 25.0 Å². The Labute approximate surface area is 280 Å². The molecule has 0 saturated carbocycles. The van der Waals surface area contributed by atoms with E-state index in [4.69, 9.17) is 29.8 Å². The first-order valence-electron chi connectivity index (χ1n) is 15.8. The molecule has 0 amide bonds. The van der Waals surface area contributed by atoms with Crippen LogP contribution in [-0.4, -0.2) is 53.5 Å². The molecule has 0 bridgehead atoms. The van der Waals surface area contributed by atoms with E-state index in [2.05, 4.69) is 39.8 Å². The molecule has 260 valence electrons. The number of benzene rings is 2. The van der Waals surface area contributed by atoms with E-state index in [9.17, 15) is 18.0 Å².